The highest BCUT2D eigenvalue weighted by molar-refractivity contribution is 9.10. The van der Waals surface area contributed by atoms with Crippen LogP contribution in [-0.2, 0) is 0 Å². The monoisotopic (exact) mass is 249 g/mol. The highest BCUT2D eigenvalue weighted by Crippen LogP contribution is 2.20. The van der Waals surface area contributed by atoms with Gasteiger partial charge in [-0.25, -0.2) is 0 Å². The van der Waals surface area contributed by atoms with Crippen molar-refractivity contribution in [3.8, 4) is 0 Å². The summed E-state index contributed by atoms with van der Waals surface area (Å²) in [5.41, 5.74) is 8.13. The van der Waals surface area contributed by atoms with E-state index in [1.165, 1.54) is 11.1 Å². The Morgan fingerprint density at radius 3 is 2.42 bits per heavy atom. The summed E-state index contributed by atoms with van der Waals surface area (Å²) >= 11 is 3.46. The van der Waals surface area contributed by atoms with Crippen LogP contribution < -0.4 is 5.73 Å². The lowest BCUT2D eigenvalue weighted by molar-refractivity contribution is 0.817. The van der Waals surface area contributed by atoms with Crippen molar-refractivity contribution in [1.82, 2.24) is 0 Å². The lowest BCUT2D eigenvalue weighted by Crippen LogP contribution is -2.04. The van der Waals surface area contributed by atoms with Crippen LogP contribution in [0.1, 0.15) is 24.1 Å². The van der Waals surface area contributed by atoms with Crippen LogP contribution in [0.3, 0.4) is 0 Å². The van der Waals surface area contributed by atoms with Gasteiger partial charge >= 0.3 is 0 Å². The Labute approximate surface area is 87.9 Å². The van der Waals surface area contributed by atoms with Crippen LogP contribution in [0, 0.1) is 6.92 Å². The van der Waals surface area contributed by atoms with Crippen molar-refractivity contribution in [3.05, 3.63) is 33.8 Å². The largest absolute Gasteiger partial charge is 0.324 e. The van der Waals surface area contributed by atoms with E-state index >= 15 is 0 Å². The topological polar surface area (TPSA) is 26.0 Å². The second-order valence-corrected chi connectivity index (χ2v) is 3.65. The minimum atomic E-state index is 0. The van der Waals surface area contributed by atoms with Crippen LogP contribution in [0.4, 0.5) is 0 Å². The van der Waals surface area contributed by atoms with Crippen molar-refractivity contribution in [1.29, 1.82) is 0 Å². The van der Waals surface area contributed by atoms with Crippen LogP contribution in [0.25, 0.3) is 0 Å². The zero-order valence-corrected chi connectivity index (χ0v) is 9.58. The van der Waals surface area contributed by atoms with Gasteiger partial charge in [-0.3, -0.25) is 0 Å². The molecule has 0 aromatic heterocycles. The Morgan fingerprint density at radius 2 is 2.00 bits per heavy atom. The van der Waals surface area contributed by atoms with Crippen LogP contribution >= 0.6 is 28.3 Å². The molecule has 0 fully saturated rings. The van der Waals surface area contributed by atoms with Crippen LogP contribution in [0.2, 0.25) is 0 Å². The minimum absolute atomic E-state index is 0. The molecular weight excluding hydrogens is 237 g/mol. The molecule has 1 aromatic rings. The summed E-state index contributed by atoms with van der Waals surface area (Å²) in [5.74, 6) is 0. The van der Waals surface area contributed by atoms with E-state index in [2.05, 4.69) is 41.1 Å². The first-order chi connectivity index (χ1) is 5.11. The average molecular weight is 251 g/mol. The maximum absolute atomic E-state index is 5.71. The zero-order valence-electron chi connectivity index (χ0n) is 7.17. The van der Waals surface area contributed by atoms with Gasteiger partial charge in [0.1, 0.15) is 0 Å². The van der Waals surface area contributed by atoms with E-state index in [1.54, 1.807) is 0 Å². The van der Waals surface area contributed by atoms with E-state index in [0.717, 1.165) is 4.47 Å². The molecule has 0 heterocycles. The van der Waals surface area contributed by atoms with Gasteiger partial charge in [-0.2, -0.15) is 0 Å². The van der Waals surface area contributed by atoms with Gasteiger partial charge in [-0.1, -0.05) is 28.1 Å². The first kappa shape index (κ1) is 11.9. The van der Waals surface area contributed by atoms with Crippen LogP contribution in [0.15, 0.2) is 22.7 Å². The molecule has 3 heteroatoms. The first-order valence-electron chi connectivity index (χ1n) is 3.63. The Balaban J connectivity index is 0.00000121. The molecule has 1 atom stereocenters. The molecule has 0 aliphatic rings. The molecule has 2 N–H and O–H groups in total. The van der Waals surface area contributed by atoms with Crippen molar-refractivity contribution in [2.45, 2.75) is 19.9 Å². The SMILES string of the molecule is Cc1ccc([C@@H](C)N)cc1Br.Cl. The van der Waals surface area contributed by atoms with E-state index in [4.69, 9.17) is 5.73 Å². The normalized spacial score (nSPS) is 12.0. The summed E-state index contributed by atoms with van der Waals surface area (Å²) in [6.45, 7) is 4.05. The van der Waals surface area contributed by atoms with Crippen molar-refractivity contribution >= 4 is 28.3 Å². The molecular formula is C9H13BrClN. The fourth-order valence-corrected chi connectivity index (χ4v) is 1.29. The predicted molar refractivity (Wildman–Crippen MR) is 58.7 cm³/mol. The maximum Gasteiger partial charge on any atom is 0.0266 e. The van der Waals surface area contributed by atoms with Crippen molar-refractivity contribution in [2.75, 3.05) is 0 Å². The standard InChI is InChI=1S/C9H12BrN.ClH/c1-6-3-4-8(7(2)11)5-9(6)10;/h3-5,7H,11H2,1-2H3;1H/t7-;/m1./s1. The molecule has 0 amide bonds. The third-order valence-electron chi connectivity index (χ3n) is 1.72. The van der Waals surface area contributed by atoms with E-state index in [0.29, 0.717) is 0 Å². The van der Waals surface area contributed by atoms with Gasteiger partial charge < -0.3 is 5.73 Å². The fraction of sp³-hybridized carbons (Fsp3) is 0.333. The number of hydrogen-bond donors (Lipinski definition) is 1. The van der Waals surface area contributed by atoms with E-state index in [-0.39, 0.29) is 18.4 Å². The zero-order chi connectivity index (χ0) is 8.43. The lowest BCUT2D eigenvalue weighted by atomic mass is 10.1. The Bertz CT molecular complexity index is 261. The number of hydrogen-bond acceptors (Lipinski definition) is 1. The molecule has 1 rings (SSSR count). The first-order valence-corrected chi connectivity index (χ1v) is 4.42. The second-order valence-electron chi connectivity index (χ2n) is 2.80. The quantitative estimate of drug-likeness (QED) is 0.814. The molecule has 12 heavy (non-hydrogen) atoms. The van der Waals surface area contributed by atoms with Crippen LogP contribution in [-0.4, -0.2) is 0 Å². The molecule has 0 unspecified atom stereocenters. The maximum atomic E-state index is 5.71. The third-order valence-corrected chi connectivity index (χ3v) is 2.58. The number of benzene rings is 1. The molecule has 0 bridgehead atoms. The Morgan fingerprint density at radius 1 is 1.42 bits per heavy atom. The molecule has 0 radical (unpaired) electrons. The third kappa shape index (κ3) is 2.77. The summed E-state index contributed by atoms with van der Waals surface area (Å²) in [7, 11) is 0. The summed E-state index contributed by atoms with van der Waals surface area (Å²) in [6, 6.07) is 6.32. The van der Waals surface area contributed by atoms with Crippen molar-refractivity contribution < 1.29 is 0 Å². The summed E-state index contributed by atoms with van der Waals surface area (Å²) in [6.07, 6.45) is 0. The molecule has 1 aromatic carbocycles. The molecule has 0 spiro atoms. The van der Waals surface area contributed by atoms with Gasteiger partial charge in [0.2, 0.25) is 0 Å². The minimum Gasteiger partial charge on any atom is -0.324 e. The van der Waals surface area contributed by atoms with Gasteiger partial charge in [-0.05, 0) is 31.0 Å². The Hall–Kier alpha value is -0.0500. The number of rotatable bonds is 1. The van der Waals surface area contributed by atoms with Gasteiger partial charge in [0.15, 0.2) is 0 Å². The summed E-state index contributed by atoms with van der Waals surface area (Å²) in [5, 5.41) is 0. The second kappa shape index (κ2) is 4.85. The van der Waals surface area contributed by atoms with E-state index < -0.39 is 0 Å². The Kier molecular flexibility index (Phi) is 4.83. The van der Waals surface area contributed by atoms with Crippen molar-refractivity contribution in [3.63, 3.8) is 0 Å². The molecule has 0 aliphatic heterocycles. The molecule has 0 aliphatic carbocycles. The smallest absolute Gasteiger partial charge is 0.0266 e. The van der Waals surface area contributed by atoms with Gasteiger partial charge in [0.05, 0.1) is 0 Å². The van der Waals surface area contributed by atoms with Gasteiger partial charge in [-0.15, -0.1) is 12.4 Å². The van der Waals surface area contributed by atoms with Gasteiger partial charge in [0.25, 0.3) is 0 Å². The van der Waals surface area contributed by atoms with Crippen molar-refractivity contribution in [2.24, 2.45) is 5.73 Å². The van der Waals surface area contributed by atoms with E-state index in [9.17, 15) is 0 Å². The molecule has 0 saturated heterocycles. The van der Waals surface area contributed by atoms with Crippen LogP contribution in [0.5, 0.6) is 0 Å². The molecule has 1 nitrogen and oxygen atoms in total. The summed E-state index contributed by atoms with van der Waals surface area (Å²) in [4.78, 5) is 0. The fourth-order valence-electron chi connectivity index (χ4n) is 0.892. The number of aryl methyl sites for hydroxylation is 1. The number of halogens is 2. The summed E-state index contributed by atoms with van der Waals surface area (Å²) < 4.78 is 1.13. The number of nitrogens with two attached hydrogens (primary N) is 1. The molecule has 0 saturated carbocycles. The highest BCUT2D eigenvalue weighted by Gasteiger charge is 2.00. The predicted octanol–water partition coefficient (Wildman–Crippen LogP) is 3.20. The average Bonchev–Trinajstić information content (AvgIpc) is 1.94. The van der Waals surface area contributed by atoms with Gasteiger partial charge in [0, 0.05) is 10.5 Å². The van der Waals surface area contributed by atoms with E-state index in [1.807, 2.05) is 6.92 Å². The molecule has 68 valence electrons. The highest BCUT2D eigenvalue weighted by atomic mass is 79.9. The lowest BCUT2D eigenvalue weighted by Gasteiger charge is -2.06.